The number of hydrogen-bond acceptors (Lipinski definition) is 8. The zero-order valence-corrected chi connectivity index (χ0v) is 19.4. The first-order chi connectivity index (χ1) is 15.2. The van der Waals surface area contributed by atoms with Crippen molar-refractivity contribution in [1.82, 2.24) is 4.57 Å². The number of anilines is 1. The Morgan fingerprint density at radius 1 is 1.06 bits per heavy atom. The molecule has 7 N–H and O–H groups in total. The van der Waals surface area contributed by atoms with Crippen LogP contribution in [0.4, 0.5) is 5.69 Å². The highest BCUT2D eigenvalue weighted by atomic mass is 32.2. The Morgan fingerprint density at radius 3 is 2.15 bits per heavy atom. The van der Waals surface area contributed by atoms with Crippen molar-refractivity contribution in [2.24, 2.45) is 22.4 Å². The Kier molecular flexibility index (Phi) is 7.71. The summed E-state index contributed by atoms with van der Waals surface area (Å²) in [4.78, 5) is 29.5. The molecule has 33 heavy (non-hydrogen) atoms. The number of nitrogens with zero attached hydrogens (tertiary/aromatic N) is 2. The Labute approximate surface area is 190 Å². The average molecular weight is 501 g/mol. The SMILES string of the molecule is Cc1ccc(NS(=O)(=O)c2ccc(S(C)(=O)=O)cc2)c(=O)n1C(CCON=C(N)N)C(N)=O. The van der Waals surface area contributed by atoms with Crippen LogP contribution in [0.3, 0.4) is 0 Å². The molecule has 1 amide bonds. The molecule has 0 fully saturated rings. The molecule has 0 bridgehead atoms. The van der Waals surface area contributed by atoms with E-state index in [1.807, 2.05) is 0 Å². The number of nitrogens with two attached hydrogens (primary N) is 3. The molecule has 0 spiro atoms. The monoisotopic (exact) mass is 500 g/mol. The van der Waals surface area contributed by atoms with Gasteiger partial charge in [0.2, 0.25) is 11.9 Å². The quantitative estimate of drug-likeness (QED) is 0.135. The van der Waals surface area contributed by atoms with Crippen LogP contribution >= 0.6 is 0 Å². The number of primary amides is 1. The van der Waals surface area contributed by atoms with Crippen molar-refractivity contribution in [3.63, 3.8) is 0 Å². The van der Waals surface area contributed by atoms with E-state index in [2.05, 4.69) is 9.88 Å². The maximum Gasteiger partial charge on any atom is 0.275 e. The van der Waals surface area contributed by atoms with Crippen molar-refractivity contribution in [2.75, 3.05) is 17.6 Å². The molecule has 0 aliphatic rings. The van der Waals surface area contributed by atoms with Gasteiger partial charge in [0.1, 0.15) is 18.3 Å². The van der Waals surface area contributed by atoms with E-state index in [0.717, 1.165) is 35.1 Å². The van der Waals surface area contributed by atoms with E-state index in [1.165, 1.54) is 19.1 Å². The van der Waals surface area contributed by atoms with Gasteiger partial charge in [-0.15, -0.1) is 0 Å². The summed E-state index contributed by atoms with van der Waals surface area (Å²) >= 11 is 0. The lowest BCUT2D eigenvalue weighted by atomic mass is 10.1. The van der Waals surface area contributed by atoms with E-state index >= 15 is 0 Å². The van der Waals surface area contributed by atoms with Crippen LogP contribution in [0.1, 0.15) is 18.2 Å². The van der Waals surface area contributed by atoms with Crippen molar-refractivity contribution in [1.29, 1.82) is 0 Å². The summed E-state index contributed by atoms with van der Waals surface area (Å²) in [6, 6.07) is 5.96. The molecule has 1 unspecified atom stereocenters. The van der Waals surface area contributed by atoms with Crippen molar-refractivity contribution < 1.29 is 26.5 Å². The lowest BCUT2D eigenvalue weighted by molar-refractivity contribution is -0.121. The Balaban J connectivity index is 2.39. The number of guanidine groups is 1. The van der Waals surface area contributed by atoms with Gasteiger partial charge in [-0.05, 0) is 48.5 Å². The number of nitrogens with one attached hydrogen (secondary N) is 1. The number of aryl methyl sites for hydroxylation is 1. The van der Waals surface area contributed by atoms with Crippen LogP contribution in [0.15, 0.2) is 56.1 Å². The van der Waals surface area contributed by atoms with Gasteiger partial charge in [0.25, 0.3) is 15.6 Å². The summed E-state index contributed by atoms with van der Waals surface area (Å²) in [5, 5.41) is 3.32. The minimum atomic E-state index is -4.25. The number of oxime groups is 1. The number of hydrogen-bond donors (Lipinski definition) is 4. The van der Waals surface area contributed by atoms with Crippen LogP contribution in [-0.2, 0) is 29.5 Å². The van der Waals surface area contributed by atoms with E-state index in [9.17, 15) is 26.4 Å². The zero-order chi connectivity index (χ0) is 25.0. The van der Waals surface area contributed by atoms with Gasteiger partial charge in [-0.1, -0.05) is 0 Å². The van der Waals surface area contributed by atoms with Crippen LogP contribution in [0.25, 0.3) is 0 Å². The third kappa shape index (κ3) is 6.45. The molecule has 2 aromatic rings. The number of aromatic nitrogens is 1. The predicted octanol–water partition coefficient (Wildman–Crippen LogP) is -1.02. The van der Waals surface area contributed by atoms with Gasteiger partial charge < -0.3 is 22.0 Å². The Morgan fingerprint density at radius 2 is 1.64 bits per heavy atom. The first-order valence-electron chi connectivity index (χ1n) is 9.29. The largest absolute Gasteiger partial charge is 0.393 e. The lowest BCUT2D eigenvalue weighted by Gasteiger charge is -2.20. The number of pyridine rings is 1. The molecule has 13 nitrogen and oxygen atoms in total. The number of rotatable bonds is 10. The van der Waals surface area contributed by atoms with Gasteiger partial charge >= 0.3 is 0 Å². The van der Waals surface area contributed by atoms with Crippen molar-refractivity contribution in [3.8, 4) is 0 Å². The average Bonchev–Trinajstić information content (AvgIpc) is 2.70. The number of carbonyl (C=O) groups is 1. The smallest absolute Gasteiger partial charge is 0.275 e. The molecule has 1 heterocycles. The Bertz CT molecular complexity index is 1330. The minimum absolute atomic E-state index is 0.0635. The number of benzene rings is 1. The predicted molar refractivity (Wildman–Crippen MR) is 120 cm³/mol. The van der Waals surface area contributed by atoms with Crippen LogP contribution in [-0.4, -0.2) is 46.1 Å². The summed E-state index contributed by atoms with van der Waals surface area (Å²) in [6.45, 7) is 1.39. The highest BCUT2D eigenvalue weighted by Gasteiger charge is 2.24. The van der Waals surface area contributed by atoms with Crippen LogP contribution < -0.4 is 27.5 Å². The van der Waals surface area contributed by atoms with Gasteiger partial charge in [-0.2, -0.15) is 0 Å². The summed E-state index contributed by atoms with van der Waals surface area (Å²) in [5.74, 6) is -1.19. The molecule has 15 heteroatoms. The third-order valence-electron chi connectivity index (χ3n) is 4.42. The molecule has 1 atom stereocenters. The fourth-order valence-corrected chi connectivity index (χ4v) is 4.55. The van der Waals surface area contributed by atoms with Crippen molar-refractivity contribution >= 4 is 37.4 Å². The van der Waals surface area contributed by atoms with Gasteiger partial charge in [-0.3, -0.25) is 18.9 Å². The standard InChI is InChI=1S/C18H24N6O7S2/c1-11-3-8-14(17(26)24(11)15(16(19)25)9-10-31-22-18(20)21)23-33(29,30)13-6-4-12(5-7-13)32(2,27)28/h3-8,15,23H,9-10H2,1-2H3,(H2,19,25)(H4,20,21,22). The zero-order valence-electron chi connectivity index (χ0n) is 17.8. The fourth-order valence-electron chi connectivity index (χ4n) is 2.86. The molecule has 2 rings (SSSR count). The maximum atomic E-state index is 13.0. The molecule has 1 aromatic heterocycles. The second-order valence-corrected chi connectivity index (χ2v) is 10.7. The Hall–Kier alpha value is -3.59. The first-order valence-corrected chi connectivity index (χ1v) is 12.7. The molecular formula is C18H24N6O7S2. The van der Waals surface area contributed by atoms with Crippen molar-refractivity contribution in [3.05, 3.63) is 52.4 Å². The van der Waals surface area contributed by atoms with Crippen molar-refractivity contribution in [2.45, 2.75) is 29.2 Å². The molecule has 0 aliphatic carbocycles. The highest BCUT2D eigenvalue weighted by Crippen LogP contribution is 2.19. The number of sulfonamides is 1. The minimum Gasteiger partial charge on any atom is -0.393 e. The molecule has 0 saturated carbocycles. The summed E-state index contributed by atoms with van der Waals surface area (Å²) in [6.07, 6.45) is 0.914. The van der Waals surface area contributed by atoms with E-state index in [1.54, 1.807) is 0 Å². The van der Waals surface area contributed by atoms with Crippen LogP contribution in [0, 0.1) is 6.92 Å². The van der Waals surface area contributed by atoms with Gasteiger partial charge in [0.05, 0.1) is 9.79 Å². The molecule has 1 aromatic carbocycles. The van der Waals surface area contributed by atoms with Crippen LogP contribution in [0.2, 0.25) is 0 Å². The normalized spacial score (nSPS) is 12.5. The maximum absolute atomic E-state index is 13.0. The highest BCUT2D eigenvalue weighted by molar-refractivity contribution is 7.92. The first kappa shape index (κ1) is 25.7. The summed E-state index contributed by atoms with van der Waals surface area (Å²) in [5.41, 5.74) is 14.9. The van der Waals surface area contributed by atoms with E-state index in [0.29, 0.717) is 5.69 Å². The van der Waals surface area contributed by atoms with E-state index in [-0.39, 0.29) is 34.5 Å². The topological polar surface area (TPSA) is 219 Å². The second-order valence-electron chi connectivity index (χ2n) is 6.97. The summed E-state index contributed by atoms with van der Waals surface area (Å²) in [7, 11) is -7.77. The lowest BCUT2D eigenvalue weighted by Crippen LogP contribution is -2.37. The molecule has 0 saturated heterocycles. The van der Waals surface area contributed by atoms with Gasteiger partial charge in [0.15, 0.2) is 9.84 Å². The summed E-state index contributed by atoms with van der Waals surface area (Å²) < 4.78 is 51.8. The van der Waals surface area contributed by atoms with Crippen LogP contribution in [0.5, 0.6) is 0 Å². The van der Waals surface area contributed by atoms with Gasteiger partial charge in [-0.25, -0.2) is 16.8 Å². The van der Waals surface area contributed by atoms with Gasteiger partial charge in [0, 0.05) is 18.4 Å². The molecule has 180 valence electrons. The van der Waals surface area contributed by atoms with E-state index in [4.69, 9.17) is 22.0 Å². The molecule has 0 radical (unpaired) electrons. The number of sulfone groups is 1. The number of carbonyl (C=O) groups excluding carboxylic acids is 1. The number of amides is 1. The van der Waals surface area contributed by atoms with E-state index < -0.39 is 37.4 Å². The third-order valence-corrected chi connectivity index (χ3v) is 6.93. The molecular weight excluding hydrogens is 476 g/mol. The molecule has 0 aliphatic heterocycles. The fraction of sp³-hybridized carbons (Fsp3) is 0.278. The second kappa shape index (κ2) is 9.91.